The van der Waals surface area contributed by atoms with Crippen LogP contribution in [-0.2, 0) is 11.2 Å². The monoisotopic (exact) mass is 536 g/mol. The number of rotatable bonds is 8. The number of para-hydroxylation sites is 1. The van der Waals surface area contributed by atoms with Crippen LogP contribution < -0.4 is 11.1 Å². The average Bonchev–Trinajstić information content (AvgIpc) is 3.39. The van der Waals surface area contributed by atoms with Gasteiger partial charge in [0.15, 0.2) is 5.69 Å². The first-order chi connectivity index (χ1) is 18.7. The van der Waals surface area contributed by atoms with Crippen LogP contribution in [0.5, 0.6) is 0 Å². The molecule has 4 rings (SSSR count). The Labute approximate surface area is 229 Å². The predicted octanol–water partition coefficient (Wildman–Crippen LogP) is 4.31. The number of fused-ring (bicyclic) bond motifs is 1. The number of benzene rings is 1. The summed E-state index contributed by atoms with van der Waals surface area (Å²) in [6.07, 6.45) is 6.37. The zero-order valence-corrected chi connectivity index (χ0v) is 23.3. The van der Waals surface area contributed by atoms with Gasteiger partial charge in [-0.1, -0.05) is 44.9 Å². The van der Waals surface area contributed by atoms with Crippen LogP contribution in [0.3, 0.4) is 0 Å². The Bertz CT molecular complexity index is 1300. The molecule has 0 saturated carbocycles. The van der Waals surface area contributed by atoms with E-state index in [1.54, 1.807) is 11.8 Å². The number of imide groups is 1. The highest BCUT2D eigenvalue weighted by Crippen LogP contribution is 2.32. The van der Waals surface area contributed by atoms with Gasteiger partial charge in [0.05, 0.1) is 6.04 Å². The molecule has 210 valence electrons. The van der Waals surface area contributed by atoms with Crippen molar-refractivity contribution in [2.45, 2.75) is 71.4 Å². The number of aryl methyl sites for hydroxylation is 1. The van der Waals surface area contributed by atoms with Crippen molar-refractivity contribution in [1.29, 1.82) is 0 Å². The molecule has 0 bridgehead atoms. The van der Waals surface area contributed by atoms with Crippen molar-refractivity contribution in [3.8, 4) is 0 Å². The van der Waals surface area contributed by atoms with E-state index in [0.29, 0.717) is 25.3 Å². The van der Waals surface area contributed by atoms with Crippen molar-refractivity contribution in [1.82, 2.24) is 25.1 Å². The summed E-state index contributed by atoms with van der Waals surface area (Å²) >= 11 is 0. The Morgan fingerprint density at radius 3 is 2.51 bits per heavy atom. The Kier molecular flexibility index (Phi) is 9.06. The molecular formula is C29H40N6O4. The largest absolute Gasteiger partial charge is 0.443 e. The van der Waals surface area contributed by atoms with E-state index in [1.165, 1.54) is 11.9 Å². The second-order valence-electron chi connectivity index (χ2n) is 10.7. The molecular weight excluding hydrogens is 496 g/mol. The number of nitrogens with zero attached hydrogens (tertiary/aromatic N) is 3. The van der Waals surface area contributed by atoms with Crippen LogP contribution in [0.25, 0.3) is 10.9 Å². The molecule has 1 aliphatic rings. The first-order valence-electron chi connectivity index (χ1n) is 13.8. The molecule has 4 N–H and O–H groups in total. The number of H-pyrrole nitrogens is 1. The van der Waals surface area contributed by atoms with Gasteiger partial charge in [-0.25, -0.2) is 14.7 Å². The fourth-order valence-electron chi connectivity index (χ4n) is 5.27. The van der Waals surface area contributed by atoms with E-state index in [-0.39, 0.29) is 23.9 Å². The predicted molar refractivity (Wildman–Crippen MR) is 149 cm³/mol. The summed E-state index contributed by atoms with van der Waals surface area (Å²) in [4.78, 5) is 51.5. The van der Waals surface area contributed by atoms with E-state index in [9.17, 15) is 14.4 Å². The maximum absolute atomic E-state index is 14.2. The molecule has 10 nitrogen and oxygen atoms in total. The number of carbonyl (C=O) groups excluding carboxylic acids is 3. The number of hydrogen-bond donors (Lipinski definition) is 3. The number of aromatic amines is 1. The van der Waals surface area contributed by atoms with Gasteiger partial charge >= 0.3 is 6.03 Å². The number of urea groups is 1. The lowest BCUT2D eigenvalue weighted by molar-refractivity contribution is -0.133. The molecule has 4 amide bonds. The quantitative estimate of drug-likeness (QED) is 0.392. The van der Waals surface area contributed by atoms with Crippen molar-refractivity contribution >= 4 is 28.7 Å². The van der Waals surface area contributed by atoms with Crippen molar-refractivity contribution < 1.29 is 18.8 Å². The zero-order chi connectivity index (χ0) is 28.1. The summed E-state index contributed by atoms with van der Waals surface area (Å²) in [6, 6.07) is 5.67. The first kappa shape index (κ1) is 28.4. The highest BCUT2D eigenvalue weighted by atomic mass is 16.4. The van der Waals surface area contributed by atoms with Crippen molar-refractivity contribution in [3.05, 3.63) is 53.4 Å². The molecule has 1 aromatic carbocycles. The molecule has 0 aliphatic carbocycles. The van der Waals surface area contributed by atoms with Crippen LogP contribution in [0, 0.1) is 12.8 Å². The molecule has 2 aromatic heterocycles. The minimum absolute atomic E-state index is 0.123. The maximum atomic E-state index is 14.2. The first-order valence-corrected chi connectivity index (χ1v) is 13.8. The number of carbonyl (C=O) groups is 3. The topological polar surface area (TPSA) is 138 Å². The van der Waals surface area contributed by atoms with Crippen LogP contribution in [0.15, 0.2) is 34.9 Å². The third-order valence-electron chi connectivity index (χ3n) is 7.30. The average molecular weight is 537 g/mol. The molecule has 10 heteroatoms. The Morgan fingerprint density at radius 1 is 1.15 bits per heavy atom. The van der Waals surface area contributed by atoms with Gasteiger partial charge in [0.25, 0.3) is 5.91 Å². The van der Waals surface area contributed by atoms with E-state index in [0.717, 1.165) is 42.1 Å². The molecule has 0 radical (unpaired) electrons. The smallest absolute Gasteiger partial charge is 0.327 e. The second-order valence-corrected chi connectivity index (χ2v) is 10.7. The molecule has 1 fully saturated rings. The molecule has 1 saturated heterocycles. The highest BCUT2D eigenvalue weighted by molar-refractivity contribution is 5.98. The number of hydrogen-bond acceptors (Lipinski definition) is 6. The number of oxazole rings is 1. The van der Waals surface area contributed by atoms with Crippen LogP contribution >= 0.6 is 0 Å². The van der Waals surface area contributed by atoms with Gasteiger partial charge in [-0.2, -0.15) is 0 Å². The van der Waals surface area contributed by atoms with Gasteiger partial charge in [0.1, 0.15) is 11.8 Å². The van der Waals surface area contributed by atoms with Crippen molar-refractivity contribution in [2.75, 3.05) is 20.1 Å². The number of aromatic nitrogens is 2. The van der Waals surface area contributed by atoms with Crippen LogP contribution in [0.4, 0.5) is 4.79 Å². The number of nitrogens with two attached hydrogens (primary N) is 1. The third-order valence-corrected chi connectivity index (χ3v) is 7.30. The van der Waals surface area contributed by atoms with Gasteiger partial charge in [-0.15, -0.1) is 0 Å². The molecule has 0 unspecified atom stereocenters. The van der Waals surface area contributed by atoms with Gasteiger partial charge in [0.2, 0.25) is 11.8 Å². The fraction of sp³-hybridized carbons (Fsp3) is 0.517. The summed E-state index contributed by atoms with van der Waals surface area (Å²) < 4.78 is 6.03. The standard InChI is InChI=1S/C29H40N6O4/c1-18(2)15-22(30)28(37)35(29(38)34-13-9-5-6-10-14-34)24(27-33-25(19(3)39-27)26(36)31-4)16-20-17-32-23-12-8-7-11-21(20)23/h7-8,11-12,17-18,22,24,32H,5-6,9-10,13-16,30H2,1-4H3,(H,31,36)/t22-,24+/m0/s1. The minimum Gasteiger partial charge on any atom is -0.443 e. The SMILES string of the molecule is CNC(=O)c1nc([C@@H](Cc2c[nH]c3ccccc23)N(C(=O)[C@@H](N)CC(C)C)C(=O)N2CCCCCC2)oc1C. The Morgan fingerprint density at radius 2 is 1.85 bits per heavy atom. The lowest BCUT2D eigenvalue weighted by atomic mass is 10.00. The lowest BCUT2D eigenvalue weighted by Gasteiger charge is -2.34. The van der Waals surface area contributed by atoms with Gasteiger partial charge in [-0.3, -0.25) is 9.59 Å². The normalized spacial score (nSPS) is 15.7. The lowest BCUT2D eigenvalue weighted by Crippen LogP contribution is -2.54. The summed E-state index contributed by atoms with van der Waals surface area (Å²) in [5.41, 5.74) is 8.38. The summed E-state index contributed by atoms with van der Waals surface area (Å²) in [7, 11) is 1.52. The van der Waals surface area contributed by atoms with Crippen LogP contribution in [-0.4, -0.2) is 63.8 Å². The highest BCUT2D eigenvalue weighted by Gasteiger charge is 2.40. The van der Waals surface area contributed by atoms with Gasteiger partial charge < -0.3 is 25.4 Å². The molecule has 3 aromatic rings. The minimum atomic E-state index is -0.900. The Balaban J connectivity index is 1.83. The molecule has 2 atom stereocenters. The second kappa shape index (κ2) is 12.5. The number of likely N-dealkylation sites (tertiary alicyclic amines) is 1. The van der Waals surface area contributed by atoms with Crippen molar-refractivity contribution in [2.24, 2.45) is 11.7 Å². The van der Waals surface area contributed by atoms with Crippen LogP contribution in [0.1, 0.15) is 79.7 Å². The van der Waals surface area contributed by atoms with E-state index in [2.05, 4.69) is 15.3 Å². The van der Waals surface area contributed by atoms with E-state index in [4.69, 9.17) is 10.2 Å². The summed E-state index contributed by atoms with van der Waals surface area (Å²) in [6.45, 7) is 6.76. The molecule has 3 heterocycles. The van der Waals surface area contributed by atoms with Gasteiger partial charge in [-0.05, 0) is 43.7 Å². The van der Waals surface area contributed by atoms with E-state index >= 15 is 0 Å². The zero-order valence-electron chi connectivity index (χ0n) is 23.3. The van der Waals surface area contributed by atoms with E-state index in [1.807, 2.05) is 44.3 Å². The molecule has 1 aliphatic heterocycles. The number of nitrogens with one attached hydrogen (secondary N) is 2. The summed E-state index contributed by atoms with van der Waals surface area (Å²) in [5.74, 6) is -0.268. The summed E-state index contributed by atoms with van der Waals surface area (Å²) in [5, 5.41) is 3.55. The fourth-order valence-corrected chi connectivity index (χ4v) is 5.27. The molecule has 39 heavy (non-hydrogen) atoms. The Hall–Kier alpha value is -3.66. The maximum Gasteiger partial charge on any atom is 0.327 e. The van der Waals surface area contributed by atoms with Gasteiger partial charge in [0, 0.05) is 43.7 Å². The van der Waals surface area contributed by atoms with E-state index < -0.39 is 29.9 Å². The van der Waals surface area contributed by atoms with Crippen LogP contribution in [0.2, 0.25) is 0 Å². The number of amides is 4. The third kappa shape index (κ3) is 6.33. The van der Waals surface area contributed by atoms with Crippen molar-refractivity contribution in [3.63, 3.8) is 0 Å². The molecule has 0 spiro atoms.